The van der Waals surface area contributed by atoms with Crippen molar-refractivity contribution in [2.24, 2.45) is 0 Å². The second kappa shape index (κ2) is 5.26. The van der Waals surface area contributed by atoms with Gasteiger partial charge in [0.25, 0.3) is 0 Å². The van der Waals surface area contributed by atoms with E-state index in [4.69, 9.17) is 23.2 Å². The van der Waals surface area contributed by atoms with Gasteiger partial charge in [0.2, 0.25) is 11.8 Å². The van der Waals surface area contributed by atoms with Crippen molar-refractivity contribution >= 4 is 40.7 Å². The average Bonchev–Trinajstić information content (AvgIpc) is 2.46. The lowest BCUT2D eigenvalue weighted by atomic mass is 9.98. The zero-order valence-electron chi connectivity index (χ0n) is 10.8. The van der Waals surface area contributed by atoms with E-state index in [1.54, 1.807) is 23.1 Å². The van der Waals surface area contributed by atoms with Crippen LogP contribution in [0.5, 0.6) is 0 Å². The molecule has 2 fully saturated rings. The highest BCUT2D eigenvalue weighted by Gasteiger charge is 2.40. The Balaban J connectivity index is 1.92. The van der Waals surface area contributed by atoms with Crippen LogP contribution < -0.4 is 4.90 Å². The number of carbonyl (C=O) groups is 2. The smallest absolute Gasteiger partial charge is 0.250 e. The minimum atomic E-state index is -0.320. The van der Waals surface area contributed by atoms with Gasteiger partial charge >= 0.3 is 0 Å². The summed E-state index contributed by atoms with van der Waals surface area (Å²) >= 11 is 11.9. The molecule has 0 aliphatic carbocycles. The summed E-state index contributed by atoms with van der Waals surface area (Å²) in [5.74, 6) is -0.0249. The van der Waals surface area contributed by atoms with Crippen LogP contribution in [0.1, 0.15) is 19.3 Å². The SMILES string of the molecule is O=C1C2CCCCN2C(=O)CN1c1ccc(Cl)c(Cl)c1. The zero-order chi connectivity index (χ0) is 14.3. The van der Waals surface area contributed by atoms with Crippen LogP contribution in [0.25, 0.3) is 0 Å². The molecule has 2 saturated heterocycles. The predicted molar refractivity (Wildman–Crippen MR) is 78.2 cm³/mol. The quantitative estimate of drug-likeness (QED) is 0.800. The first-order valence-electron chi connectivity index (χ1n) is 6.64. The highest BCUT2D eigenvalue weighted by Crippen LogP contribution is 2.31. The van der Waals surface area contributed by atoms with Crippen molar-refractivity contribution in [1.82, 2.24) is 4.90 Å². The Morgan fingerprint density at radius 1 is 1.10 bits per heavy atom. The Morgan fingerprint density at radius 3 is 2.65 bits per heavy atom. The molecule has 2 heterocycles. The predicted octanol–water partition coefficient (Wildman–Crippen LogP) is 2.72. The van der Waals surface area contributed by atoms with Crippen LogP contribution in [0.3, 0.4) is 0 Å². The molecule has 0 aromatic heterocycles. The molecule has 1 aromatic carbocycles. The number of rotatable bonds is 1. The number of hydrogen-bond acceptors (Lipinski definition) is 2. The average molecular weight is 313 g/mol. The lowest BCUT2D eigenvalue weighted by molar-refractivity contribution is -0.144. The second-order valence-electron chi connectivity index (χ2n) is 5.12. The summed E-state index contributed by atoms with van der Waals surface area (Å²) in [6.07, 6.45) is 2.69. The highest BCUT2D eigenvalue weighted by molar-refractivity contribution is 6.42. The van der Waals surface area contributed by atoms with Crippen LogP contribution in [0.2, 0.25) is 10.0 Å². The standard InChI is InChI=1S/C14H14Cl2N2O2/c15-10-5-4-9(7-11(10)16)18-8-13(19)17-6-2-1-3-12(17)14(18)20/h4-5,7,12H,1-3,6,8H2. The van der Waals surface area contributed by atoms with E-state index >= 15 is 0 Å². The number of hydrogen-bond donors (Lipinski definition) is 0. The van der Waals surface area contributed by atoms with Crippen molar-refractivity contribution in [3.8, 4) is 0 Å². The maximum Gasteiger partial charge on any atom is 0.250 e. The van der Waals surface area contributed by atoms with E-state index in [0.717, 1.165) is 19.3 Å². The lowest BCUT2D eigenvalue weighted by Crippen LogP contribution is -2.61. The van der Waals surface area contributed by atoms with Gasteiger partial charge in [-0.15, -0.1) is 0 Å². The summed E-state index contributed by atoms with van der Waals surface area (Å²) < 4.78 is 0. The molecule has 1 aromatic rings. The first kappa shape index (κ1) is 13.7. The lowest BCUT2D eigenvalue weighted by Gasteiger charge is -2.42. The van der Waals surface area contributed by atoms with E-state index in [2.05, 4.69) is 0 Å². The maximum atomic E-state index is 12.6. The molecular weight excluding hydrogens is 299 g/mol. The van der Waals surface area contributed by atoms with Gasteiger partial charge in [-0.05, 0) is 37.5 Å². The van der Waals surface area contributed by atoms with E-state index in [-0.39, 0.29) is 24.4 Å². The summed E-state index contributed by atoms with van der Waals surface area (Å²) in [5, 5.41) is 0.820. The largest absolute Gasteiger partial charge is 0.329 e. The van der Waals surface area contributed by atoms with Crippen LogP contribution in [0.4, 0.5) is 5.69 Å². The van der Waals surface area contributed by atoms with Crippen molar-refractivity contribution in [3.05, 3.63) is 28.2 Å². The van der Waals surface area contributed by atoms with Gasteiger partial charge in [-0.25, -0.2) is 0 Å². The topological polar surface area (TPSA) is 40.6 Å². The fraction of sp³-hybridized carbons (Fsp3) is 0.429. The number of fused-ring (bicyclic) bond motifs is 1. The zero-order valence-corrected chi connectivity index (χ0v) is 12.3. The molecule has 106 valence electrons. The van der Waals surface area contributed by atoms with E-state index in [9.17, 15) is 9.59 Å². The third kappa shape index (κ3) is 2.27. The summed E-state index contributed by atoms with van der Waals surface area (Å²) in [6.45, 7) is 0.762. The summed E-state index contributed by atoms with van der Waals surface area (Å²) in [5.41, 5.74) is 0.628. The monoisotopic (exact) mass is 312 g/mol. The summed E-state index contributed by atoms with van der Waals surface area (Å²) in [6, 6.07) is 4.68. The number of benzene rings is 1. The van der Waals surface area contributed by atoms with Crippen LogP contribution in [0.15, 0.2) is 18.2 Å². The molecule has 6 heteroatoms. The van der Waals surface area contributed by atoms with Crippen molar-refractivity contribution in [2.75, 3.05) is 18.0 Å². The van der Waals surface area contributed by atoms with Crippen molar-refractivity contribution < 1.29 is 9.59 Å². The van der Waals surface area contributed by atoms with Gasteiger partial charge in [0.15, 0.2) is 0 Å². The molecular formula is C14H14Cl2N2O2. The summed E-state index contributed by atoms with van der Waals surface area (Å²) in [4.78, 5) is 28.0. The van der Waals surface area contributed by atoms with Crippen molar-refractivity contribution in [3.63, 3.8) is 0 Å². The molecule has 20 heavy (non-hydrogen) atoms. The third-order valence-corrected chi connectivity index (χ3v) is 4.62. The first-order valence-corrected chi connectivity index (χ1v) is 7.39. The number of piperazine rings is 1. The van der Waals surface area contributed by atoms with E-state index in [1.165, 1.54) is 4.90 Å². The van der Waals surface area contributed by atoms with Crippen LogP contribution in [-0.2, 0) is 9.59 Å². The molecule has 3 rings (SSSR count). The molecule has 4 nitrogen and oxygen atoms in total. The Hall–Kier alpha value is -1.26. The fourth-order valence-electron chi connectivity index (χ4n) is 2.84. The van der Waals surface area contributed by atoms with E-state index in [1.807, 2.05) is 0 Å². The van der Waals surface area contributed by atoms with Crippen molar-refractivity contribution in [1.29, 1.82) is 0 Å². The van der Waals surface area contributed by atoms with Gasteiger partial charge in [-0.1, -0.05) is 23.2 Å². The highest BCUT2D eigenvalue weighted by atomic mass is 35.5. The number of nitrogens with zero attached hydrogens (tertiary/aromatic N) is 2. The first-order chi connectivity index (χ1) is 9.58. The maximum absolute atomic E-state index is 12.6. The van der Waals surface area contributed by atoms with Gasteiger partial charge < -0.3 is 9.80 Å². The number of piperidine rings is 1. The molecule has 0 saturated carbocycles. The Morgan fingerprint density at radius 2 is 1.90 bits per heavy atom. The Bertz CT molecular complexity index is 576. The normalized spacial score (nSPS) is 23.0. The molecule has 1 unspecified atom stereocenters. The van der Waals surface area contributed by atoms with Gasteiger partial charge in [-0.3, -0.25) is 9.59 Å². The van der Waals surface area contributed by atoms with Crippen LogP contribution in [-0.4, -0.2) is 35.8 Å². The van der Waals surface area contributed by atoms with Crippen LogP contribution >= 0.6 is 23.2 Å². The van der Waals surface area contributed by atoms with Gasteiger partial charge in [-0.2, -0.15) is 0 Å². The van der Waals surface area contributed by atoms with Gasteiger partial charge in [0.1, 0.15) is 12.6 Å². The molecule has 0 radical (unpaired) electrons. The minimum absolute atomic E-state index is 0.000345. The van der Waals surface area contributed by atoms with Gasteiger partial charge in [0.05, 0.1) is 10.0 Å². The molecule has 1 atom stereocenters. The fourth-order valence-corrected chi connectivity index (χ4v) is 3.13. The molecule has 2 aliphatic rings. The number of carbonyl (C=O) groups excluding carboxylic acids is 2. The molecule has 2 aliphatic heterocycles. The van der Waals surface area contributed by atoms with Gasteiger partial charge in [0, 0.05) is 12.2 Å². The third-order valence-electron chi connectivity index (χ3n) is 3.88. The number of halogens is 2. The molecule has 2 amide bonds. The second-order valence-corrected chi connectivity index (χ2v) is 5.94. The molecule has 0 spiro atoms. The van der Waals surface area contributed by atoms with Crippen LogP contribution in [0, 0.1) is 0 Å². The molecule has 0 bridgehead atoms. The number of anilines is 1. The Labute approximate surface area is 127 Å². The van der Waals surface area contributed by atoms with Crippen molar-refractivity contribution in [2.45, 2.75) is 25.3 Å². The number of amides is 2. The van der Waals surface area contributed by atoms with E-state index in [0.29, 0.717) is 22.3 Å². The van der Waals surface area contributed by atoms with E-state index < -0.39 is 0 Å². The molecule has 0 N–H and O–H groups in total. The Kier molecular flexibility index (Phi) is 3.61. The minimum Gasteiger partial charge on any atom is -0.329 e. The summed E-state index contributed by atoms with van der Waals surface area (Å²) in [7, 11) is 0.